The smallest absolute Gasteiger partial charge is 0.268 e. The number of unbranched alkanes of at least 4 members (excludes halogenated alkanes) is 40. The van der Waals surface area contributed by atoms with Gasteiger partial charge in [0.2, 0.25) is 5.91 Å². The highest BCUT2D eigenvalue weighted by Gasteiger charge is 2.24. The Kier molecular flexibility index (Phi) is 47.2. The van der Waals surface area contributed by atoms with E-state index < -0.39 is 20.0 Å². The largest absolute Gasteiger partial charge is 0.756 e. The summed E-state index contributed by atoms with van der Waals surface area (Å²) in [5.41, 5.74) is 0. The molecule has 3 unspecified atom stereocenters. The summed E-state index contributed by atoms with van der Waals surface area (Å²) in [6, 6.07) is -0.793. The van der Waals surface area contributed by atoms with Gasteiger partial charge in [-0.15, -0.1) is 0 Å². The van der Waals surface area contributed by atoms with Crippen LogP contribution >= 0.6 is 7.82 Å². The second-order valence-corrected chi connectivity index (χ2v) is 22.4. The van der Waals surface area contributed by atoms with Crippen molar-refractivity contribution in [2.24, 2.45) is 0 Å². The first kappa shape index (κ1) is 63.5. The molecule has 9 heteroatoms. The third kappa shape index (κ3) is 49.4. The van der Waals surface area contributed by atoms with Gasteiger partial charge in [0.25, 0.3) is 7.82 Å². The molecule has 0 radical (unpaired) electrons. The number of amides is 1. The van der Waals surface area contributed by atoms with Crippen molar-refractivity contribution in [1.82, 2.24) is 5.32 Å². The summed E-state index contributed by atoms with van der Waals surface area (Å²) < 4.78 is 23.3. The number of aliphatic hydroxyl groups is 1. The second-order valence-electron chi connectivity index (χ2n) is 21.0. The van der Waals surface area contributed by atoms with E-state index in [9.17, 15) is 19.4 Å². The number of rotatable bonds is 53. The van der Waals surface area contributed by atoms with Crippen LogP contribution in [-0.2, 0) is 18.4 Å². The molecule has 0 fully saturated rings. The highest BCUT2D eigenvalue weighted by atomic mass is 31.2. The van der Waals surface area contributed by atoms with Crippen LogP contribution in [0.1, 0.15) is 296 Å². The number of likely N-dealkylation sites (N-methyl/N-ethyl adjacent to an activating group) is 1. The predicted molar refractivity (Wildman–Crippen MR) is 275 cm³/mol. The number of carbonyl (C=O) groups excluding carboxylic acids is 1. The number of hydrogen-bond donors (Lipinski definition) is 2. The number of phosphoric acid groups is 1. The number of phosphoric ester groups is 1. The van der Waals surface area contributed by atoms with Crippen LogP contribution < -0.4 is 10.2 Å². The fourth-order valence-electron chi connectivity index (χ4n) is 8.87. The molecule has 8 nitrogen and oxygen atoms in total. The molecule has 0 aromatic heterocycles. The molecule has 0 saturated heterocycles. The zero-order valence-corrected chi connectivity index (χ0v) is 44.7. The van der Waals surface area contributed by atoms with E-state index in [1.807, 2.05) is 21.1 Å². The van der Waals surface area contributed by atoms with Gasteiger partial charge in [-0.1, -0.05) is 277 Å². The maximum Gasteiger partial charge on any atom is 0.268 e. The molecule has 3 atom stereocenters. The highest BCUT2D eigenvalue weighted by molar-refractivity contribution is 7.45. The number of nitrogens with zero attached hydrogens (tertiary/aromatic N) is 1. The van der Waals surface area contributed by atoms with Gasteiger partial charge in [0, 0.05) is 6.42 Å². The SMILES string of the molecule is CCCCCCCCCCCCCCCCCCCCCCCCCCCCCCCCCCC(O)C(COP(=O)([O-])OCC[N+](C)(C)C)NC(=O)CCCCCCCCCCCC. The monoisotopic (exact) mass is 929 g/mol. The van der Waals surface area contributed by atoms with Crippen LogP contribution in [0.2, 0.25) is 0 Å². The molecule has 0 spiro atoms. The molecular formula is C55H113N2O6P. The lowest BCUT2D eigenvalue weighted by Gasteiger charge is -2.30. The number of aliphatic hydroxyl groups excluding tert-OH is 1. The zero-order chi connectivity index (χ0) is 47.1. The fraction of sp³-hybridized carbons (Fsp3) is 0.982. The third-order valence-electron chi connectivity index (χ3n) is 13.3. The maximum atomic E-state index is 12.9. The molecule has 0 bridgehead atoms. The number of hydrogen-bond acceptors (Lipinski definition) is 6. The minimum atomic E-state index is -4.56. The molecule has 0 aliphatic rings. The second kappa shape index (κ2) is 47.6. The minimum Gasteiger partial charge on any atom is -0.756 e. The molecule has 0 saturated carbocycles. The topological polar surface area (TPSA) is 108 Å². The molecule has 0 aliphatic heterocycles. The Labute approximate surface area is 399 Å². The third-order valence-corrected chi connectivity index (χ3v) is 14.3. The lowest BCUT2D eigenvalue weighted by molar-refractivity contribution is -0.870. The van der Waals surface area contributed by atoms with Crippen LogP contribution in [0.4, 0.5) is 0 Å². The van der Waals surface area contributed by atoms with Crippen LogP contribution in [0.3, 0.4) is 0 Å². The van der Waals surface area contributed by atoms with Gasteiger partial charge in [-0.2, -0.15) is 0 Å². The van der Waals surface area contributed by atoms with Crippen molar-refractivity contribution in [1.29, 1.82) is 0 Å². The molecule has 0 aromatic rings. The van der Waals surface area contributed by atoms with Gasteiger partial charge in [0.05, 0.1) is 39.9 Å². The quantitative estimate of drug-likeness (QED) is 0.0357. The predicted octanol–water partition coefficient (Wildman–Crippen LogP) is 16.2. The first-order valence-electron chi connectivity index (χ1n) is 28.4. The van der Waals surface area contributed by atoms with Crippen LogP contribution in [0, 0.1) is 0 Å². The Hall–Kier alpha value is -0.500. The summed E-state index contributed by atoms with van der Waals surface area (Å²) >= 11 is 0. The Morgan fingerprint density at radius 2 is 0.766 bits per heavy atom. The molecule has 2 N–H and O–H groups in total. The molecular weight excluding hydrogens is 816 g/mol. The summed E-state index contributed by atoms with van der Waals surface area (Å²) in [6.45, 7) is 4.74. The van der Waals surface area contributed by atoms with Crippen molar-refractivity contribution in [2.75, 3.05) is 40.9 Å². The van der Waals surface area contributed by atoms with Gasteiger partial charge in [0.15, 0.2) is 0 Å². The Balaban J connectivity index is 3.91. The van der Waals surface area contributed by atoms with Crippen molar-refractivity contribution < 1.29 is 32.9 Å². The normalized spacial score (nSPS) is 13.9. The van der Waals surface area contributed by atoms with Crippen molar-refractivity contribution >= 4 is 13.7 Å². The van der Waals surface area contributed by atoms with Crippen LogP contribution in [0.25, 0.3) is 0 Å². The van der Waals surface area contributed by atoms with E-state index in [1.165, 1.54) is 231 Å². The van der Waals surface area contributed by atoms with Crippen molar-refractivity contribution in [3.63, 3.8) is 0 Å². The van der Waals surface area contributed by atoms with Crippen molar-refractivity contribution in [3.8, 4) is 0 Å². The summed E-state index contributed by atoms with van der Waals surface area (Å²) in [5, 5.41) is 14.0. The molecule has 1 amide bonds. The average Bonchev–Trinajstić information content (AvgIpc) is 3.25. The van der Waals surface area contributed by atoms with E-state index in [0.717, 1.165) is 38.5 Å². The van der Waals surface area contributed by atoms with Gasteiger partial charge in [-0.05, 0) is 12.8 Å². The fourth-order valence-corrected chi connectivity index (χ4v) is 9.59. The Bertz CT molecular complexity index is 1010. The van der Waals surface area contributed by atoms with Gasteiger partial charge in [-0.25, -0.2) is 0 Å². The first-order chi connectivity index (χ1) is 31.0. The molecule has 64 heavy (non-hydrogen) atoms. The summed E-state index contributed by atoms with van der Waals surface area (Å²) in [5.74, 6) is -0.162. The van der Waals surface area contributed by atoms with Crippen LogP contribution in [0.15, 0.2) is 0 Å². The van der Waals surface area contributed by atoms with E-state index in [2.05, 4.69) is 19.2 Å². The van der Waals surface area contributed by atoms with E-state index in [1.54, 1.807) is 0 Å². The van der Waals surface area contributed by atoms with E-state index in [4.69, 9.17) is 9.05 Å². The summed E-state index contributed by atoms with van der Waals surface area (Å²) in [4.78, 5) is 25.3. The average molecular weight is 929 g/mol. The standard InChI is InChI=1S/C55H113N2O6P/c1-6-8-10-12-14-16-18-19-20-21-22-23-24-25-26-27-28-29-30-31-32-33-34-35-36-37-38-39-40-42-44-46-48-54(58)53(52-63-64(60,61)62-51-50-57(3,4)5)56-55(59)49-47-45-43-41-17-15-13-11-9-7-2/h53-54,58H,6-52H2,1-5H3,(H-,56,59,60,61). The zero-order valence-electron chi connectivity index (χ0n) is 43.8. The number of carbonyl (C=O) groups is 1. The summed E-state index contributed by atoms with van der Waals surface area (Å²) in [6.07, 6.45) is 55.9. The van der Waals surface area contributed by atoms with Crippen LogP contribution in [0.5, 0.6) is 0 Å². The number of nitrogens with one attached hydrogen (secondary N) is 1. The van der Waals surface area contributed by atoms with Gasteiger partial charge in [-0.3, -0.25) is 9.36 Å². The van der Waals surface area contributed by atoms with Crippen molar-refractivity contribution in [2.45, 2.75) is 309 Å². The highest BCUT2D eigenvalue weighted by Crippen LogP contribution is 2.38. The van der Waals surface area contributed by atoms with Gasteiger partial charge >= 0.3 is 0 Å². The Morgan fingerprint density at radius 3 is 1.06 bits per heavy atom. The minimum absolute atomic E-state index is 0.0162. The molecule has 0 aromatic carbocycles. The van der Waals surface area contributed by atoms with Gasteiger partial charge < -0.3 is 28.8 Å². The van der Waals surface area contributed by atoms with Crippen LogP contribution in [-0.4, -0.2) is 68.5 Å². The van der Waals surface area contributed by atoms with E-state index in [0.29, 0.717) is 23.9 Å². The molecule has 0 rings (SSSR count). The lowest BCUT2D eigenvalue weighted by atomic mass is 10.0. The number of quaternary nitrogens is 1. The molecule has 384 valence electrons. The van der Waals surface area contributed by atoms with E-state index >= 15 is 0 Å². The first-order valence-corrected chi connectivity index (χ1v) is 29.8. The Morgan fingerprint density at radius 1 is 0.484 bits per heavy atom. The lowest BCUT2D eigenvalue weighted by Crippen LogP contribution is -2.46. The molecule has 0 aliphatic carbocycles. The van der Waals surface area contributed by atoms with Crippen molar-refractivity contribution in [3.05, 3.63) is 0 Å². The van der Waals surface area contributed by atoms with E-state index in [-0.39, 0.29) is 19.1 Å². The van der Waals surface area contributed by atoms with Gasteiger partial charge in [0.1, 0.15) is 13.2 Å². The maximum absolute atomic E-state index is 12.9. The molecule has 0 heterocycles. The summed E-state index contributed by atoms with van der Waals surface area (Å²) in [7, 11) is 1.32.